The van der Waals surface area contributed by atoms with Crippen molar-refractivity contribution in [2.24, 2.45) is 0 Å². The molecule has 3 aromatic rings. The van der Waals surface area contributed by atoms with E-state index in [4.69, 9.17) is 5.11 Å². The fourth-order valence-electron chi connectivity index (χ4n) is 5.10. The molecule has 0 spiro atoms. The molecule has 3 N–H and O–H groups in total. The SMILES string of the molecule is Cc1ccc(S(=O)(=O)N2CC(c3ccccc3)CC2CO)cc1.OCC1CC(c2ccccc2)CN1.[AlH3].[H-].[Li+]. The summed E-state index contributed by atoms with van der Waals surface area (Å²) in [6.45, 7) is 3.42. The quantitative estimate of drug-likeness (QED) is 0.366. The fourth-order valence-corrected chi connectivity index (χ4v) is 6.77. The second kappa shape index (κ2) is 15.4. The van der Waals surface area contributed by atoms with Crippen molar-refractivity contribution in [3.8, 4) is 0 Å². The molecule has 2 fully saturated rings. The van der Waals surface area contributed by atoms with E-state index in [1.54, 1.807) is 24.3 Å². The summed E-state index contributed by atoms with van der Waals surface area (Å²) in [6.07, 6.45) is 1.70. The number of rotatable bonds is 6. The minimum Gasteiger partial charge on any atom is -1.00 e. The first kappa shape index (κ1) is 32.8. The third-order valence-corrected chi connectivity index (χ3v) is 9.12. The van der Waals surface area contributed by atoms with E-state index in [0.717, 1.165) is 24.1 Å². The van der Waals surface area contributed by atoms with Gasteiger partial charge in [-0.15, -0.1) is 0 Å². The maximum Gasteiger partial charge on any atom is 1.00 e. The van der Waals surface area contributed by atoms with Crippen LogP contribution < -0.4 is 24.2 Å². The molecule has 0 radical (unpaired) electrons. The van der Waals surface area contributed by atoms with Crippen molar-refractivity contribution in [3.63, 3.8) is 0 Å². The molecule has 0 saturated carbocycles. The molecule has 0 bridgehead atoms. The van der Waals surface area contributed by atoms with E-state index in [1.165, 1.54) is 9.87 Å². The van der Waals surface area contributed by atoms with Gasteiger partial charge in [-0.2, -0.15) is 4.31 Å². The first-order valence-corrected chi connectivity index (χ1v) is 14.0. The van der Waals surface area contributed by atoms with E-state index in [1.807, 2.05) is 43.3 Å². The molecule has 200 valence electrons. The Bertz CT molecular complexity index is 1210. The van der Waals surface area contributed by atoms with Crippen LogP contribution in [0.1, 0.15) is 42.8 Å². The maximum atomic E-state index is 12.9. The van der Waals surface area contributed by atoms with Crippen LogP contribution in [-0.2, 0) is 10.0 Å². The van der Waals surface area contributed by atoms with E-state index < -0.39 is 10.0 Å². The van der Waals surface area contributed by atoms with E-state index in [9.17, 15) is 13.5 Å². The smallest absolute Gasteiger partial charge is 1.00 e. The summed E-state index contributed by atoms with van der Waals surface area (Å²) >= 11 is 0. The minimum atomic E-state index is -3.58. The zero-order chi connectivity index (χ0) is 25.5. The molecule has 0 aromatic heterocycles. The molecule has 2 aliphatic rings. The Hall–Kier alpha value is -1.42. The number of sulfonamides is 1. The number of hydrogen-bond acceptors (Lipinski definition) is 5. The van der Waals surface area contributed by atoms with Crippen LogP contribution in [-0.4, -0.2) is 78.7 Å². The maximum absolute atomic E-state index is 12.9. The Morgan fingerprint density at radius 3 is 1.89 bits per heavy atom. The van der Waals surface area contributed by atoms with Crippen LogP contribution in [0.3, 0.4) is 0 Å². The largest absolute Gasteiger partial charge is 1.00 e. The summed E-state index contributed by atoms with van der Waals surface area (Å²) < 4.78 is 27.3. The Morgan fingerprint density at radius 1 is 0.842 bits per heavy atom. The van der Waals surface area contributed by atoms with Gasteiger partial charge in [0, 0.05) is 25.2 Å². The second-order valence-electron chi connectivity index (χ2n) is 9.70. The number of aryl methyl sites for hydroxylation is 1. The molecule has 38 heavy (non-hydrogen) atoms. The summed E-state index contributed by atoms with van der Waals surface area (Å²) in [4.78, 5) is 0.287. The van der Waals surface area contributed by atoms with Crippen molar-refractivity contribution in [2.75, 3.05) is 26.3 Å². The monoisotopic (exact) mass is 546 g/mol. The number of nitrogens with zero attached hydrogens (tertiary/aromatic N) is 1. The molecule has 6 nitrogen and oxygen atoms in total. The van der Waals surface area contributed by atoms with Crippen LogP contribution in [0.15, 0.2) is 89.8 Å². The first-order chi connectivity index (χ1) is 17.4. The van der Waals surface area contributed by atoms with Crippen molar-refractivity contribution in [3.05, 3.63) is 102 Å². The topological polar surface area (TPSA) is 89.9 Å². The van der Waals surface area contributed by atoms with Gasteiger partial charge in [-0.1, -0.05) is 78.4 Å². The standard InChI is InChI=1S/C18H21NO3S.C11H15NO.Al.Li.4H/c1-14-7-9-18(10-8-14)23(21,22)19-12-16(11-17(19)13-20)15-5-3-2-4-6-15;13-8-11-6-10(7-12-11)9-4-2-1-3-5-9;;;;;;/h2-10,16-17,20H,11-13H2,1H3;1-5,10-13H,6-8H2;;;;;;/q;;;+1;;;;-1. The van der Waals surface area contributed by atoms with Crippen LogP contribution in [0, 0.1) is 6.92 Å². The Balaban J connectivity index is 0.000000410. The number of benzene rings is 3. The minimum absolute atomic E-state index is 0. The molecule has 0 aliphatic carbocycles. The van der Waals surface area contributed by atoms with Gasteiger partial charge in [0.15, 0.2) is 17.4 Å². The van der Waals surface area contributed by atoms with Gasteiger partial charge in [0.25, 0.3) is 0 Å². The van der Waals surface area contributed by atoms with Crippen LogP contribution in [0.5, 0.6) is 0 Å². The molecular weight excluding hydrogens is 506 g/mol. The number of hydrogen-bond donors (Lipinski definition) is 3. The number of nitrogens with one attached hydrogen (secondary N) is 1. The van der Waals surface area contributed by atoms with Crippen molar-refractivity contribution in [2.45, 2.75) is 48.6 Å². The average molecular weight is 547 g/mol. The zero-order valence-electron chi connectivity index (χ0n) is 22.7. The van der Waals surface area contributed by atoms with Gasteiger partial charge >= 0.3 is 18.9 Å². The molecule has 3 aromatic carbocycles. The van der Waals surface area contributed by atoms with Crippen LogP contribution in [0.25, 0.3) is 0 Å². The molecule has 2 heterocycles. The molecule has 4 atom stereocenters. The first-order valence-electron chi connectivity index (χ1n) is 12.6. The molecule has 4 unspecified atom stereocenters. The normalized spacial score (nSPS) is 23.0. The Morgan fingerprint density at radius 2 is 1.39 bits per heavy atom. The van der Waals surface area contributed by atoms with Crippen molar-refractivity contribution in [1.82, 2.24) is 9.62 Å². The van der Waals surface area contributed by atoms with E-state index in [-0.39, 0.29) is 67.7 Å². The second-order valence-corrected chi connectivity index (χ2v) is 11.6. The third kappa shape index (κ3) is 8.05. The summed E-state index contributed by atoms with van der Waals surface area (Å²) in [6, 6.07) is 27.2. The van der Waals surface area contributed by atoms with E-state index in [2.05, 4.69) is 29.6 Å². The molecule has 0 amide bonds. The third-order valence-electron chi connectivity index (χ3n) is 7.19. The van der Waals surface area contributed by atoms with Crippen LogP contribution in [0.4, 0.5) is 0 Å². The number of aliphatic hydroxyl groups excluding tert-OH is 2. The van der Waals surface area contributed by atoms with Gasteiger partial charge in [-0.25, -0.2) is 8.42 Å². The predicted octanol–water partition coefficient (Wildman–Crippen LogP) is -0.409. The van der Waals surface area contributed by atoms with Crippen molar-refractivity contribution < 1.29 is 38.9 Å². The average Bonchev–Trinajstić information content (AvgIpc) is 3.58. The molecule has 5 rings (SSSR count). The fraction of sp³-hybridized carbons (Fsp3) is 0.379. The predicted molar refractivity (Wildman–Crippen MR) is 153 cm³/mol. The number of aliphatic hydroxyl groups is 2. The zero-order valence-corrected chi connectivity index (χ0v) is 22.5. The Labute approximate surface area is 251 Å². The molecule has 9 heteroatoms. The summed E-state index contributed by atoms with van der Waals surface area (Å²) in [5, 5.41) is 21.9. The van der Waals surface area contributed by atoms with Crippen molar-refractivity contribution >= 4 is 27.4 Å². The van der Waals surface area contributed by atoms with Gasteiger partial charge < -0.3 is 17.0 Å². The summed E-state index contributed by atoms with van der Waals surface area (Å²) in [5.41, 5.74) is 3.52. The van der Waals surface area contributed by atoms with Gasteiger partial charge in [0.05, 0.1) is 18.1 Å². The molecule has 2 aliphatic heterocycles. The van der Waals surface area contributed by atoms with Gasteiger partial charge in [0.1, 0.15) is 0 Å². The van der Waals surface area contributed by atoms with Crippen molar-refractivity contribution in [1.29, 1.82) is 0 Å². The van der Waals surface area contributed by atoms with E-state index in [0.29, 0.717) is 24.9 Å². The Kier molecular flexibility index (Phi) is 13.3. The van der Waals surface area contributed by atoms with Gasteiger partial charge in [0.2, 0.25) is 10.0 Å². The van der Waals surface area contributed by atoms with Gasteiger partial charge in [-0.05, 0) is 54.9 Å². The molecular formula is C29H40AlLiN2O4S. The summed E-state index contributed by atoms with van der Waals surface area (Å²) in [5.74, 6) is 0.701. The van der Waals surface area contributed by atoms with Gasteiger partial charge in [-0.3, -0.25) is 0 Å². The van der Waals surface area contributed by atoms with E-state index >= 15 is 0 Å². The molecule has 2 saturated heterocycles. The summed E-state index contributed by atoms with van der Waals surface area (Å²) in [7, 11) is -3.58. The van der Waals surface area contributed by atoms with Crippen LogP contribution in [0.2, 0.25) is 0 Å². The van der Waals surface area contributed by atoms with Crippen LogP contribution >= 0.6 is 0 Å².